The van der Waals surface area contributed by atoms with Crippen molar-refractivity contribution >= 4 is 11.6 Å². The maximum absolute atomic E-state index is 5.61. The van der Waals surface area contributed by atoms with Crippen molar-refractivity contribution in [2.45, 2.75) is 45.6 Å². The highest BCUT2D eigenvalue weighted by molar-refractivity contribution is 5.47. The van der Waals surface area contributed by atoms with Crippen LogP contribution in [-0.4, -0.2) is 29.1 Å². The molecule has 0 aromatic carbocycles. The topological polar surface area (TPSA) is 75.9 Å². The summed E-state index contributed by atoms with van der Waals surface area (Å²) < 4.78 is 0. The smallest absolute Gasteiger partial charge is 0.132 e. The summed E-state index contributed by atoms with van der Waals surface area (Å²) in [4.78, 5) is 8.79. The third-order valence-corrected chi connectivity index (χ3v) is 3.67. The number of aromatic nitrogens is 2. The minimum atomic E-state index is 0.220. The van der Waals surface area contributed by atoms with Crippen LogP contribution in [0.3, 0.4) is 0 Å². The van der Waals surface area contributed by atoms with Gasteiger partial charge in [0, 0.05) is 25.2 Å². The largest absolute Gasteiger partial charge is 0.370 e. The van der Waals surface area contributed by atoms with E-state index in [9.17, 15) is 0 Å². The first-order valence-electron chi connectivity index (χ1n) is 7.23. The standard InChI is InChI=1S/C14H25N5/c1-10(9-15)17-14-8-13(18-11(2)19-14)16-7-6-12-4-3-5-12/h8,10,12H,3-7,9,15H2,1-2H3,(H2,16,17,18,19). The first-order valence-corrected chi connectivity index (χ1v) is 7.23. The van der Waals surface area contributed by atoms with Crippen LogP contribution in [0.1, 0.15) is 38.4 Å². The summed E-state index contributed by atoms with van der Waals surface area (Å²) in [6.07, 6.45) is 5.43. The van der Waals surface area contributed by atoms with Crippen molar-refractivity contribution in [2.24, 2.45) is 11.7 Å². The molecule has 0 amide bonds. The van der Waals surface area contributed by atoms with Crippen molar-refractivity contribution in [3.05, 3.63) is 11.9 Å². The van der Waals surface area contributed by atoms with E-state index in [-0.39, 0.29) is 6.04 Å². The molecule has 0 bridgehead atoms. The Balaban J connectivity index is 1.87. The average Bonchev–Trinajstić information content (AvgIpc) is 2.31. The third-order valence-electron chi connectivity index (χ3n) is 3.67. The second-order valence-corrected chi connectivity index (χ2v) is 5.48. The molecule has 4 N–H and O–H groups in total. The molecule has 1 aromatic rings. The lowest BCUT2D eigenvalue weighted by molar-refractivity contribution is 0.303. The third kappa shape index (κ3) is 4.35. The van der Waals surface area contributed by atoms with Crippen LogP contribution >= 0.6 is 0 Å². The Bertz CT molecular complexity index is 403. The molecule has 1 heterocycles. The van der Waals surface area contributed by atoms with Crippen LogP contribution in [0.5, 0.6) is 0 Å². The number of hydrogen-bond acceptors (Lipinski definition) is 5. The highest BCUT2D eigenvalue weighted by Crippen LogP contribution is 2.29. The van der Waals surface area contributed by atoms with E-state index in [4.69, 9.17) is 5.73 Å². The Kier molecular flexibility index (Phi) is 4.96. The summed E-state index contributed by atoms with van der Waals surface area (Å²) in [5, 5.41) is 6.67. The van der Waals surface area contributed by atoms with E-state index < -0.39 is 0 Å². The molecular formula is C14H25N5. The molecule has 5 heteroatoms. The van der Waals surface area contributed by atoms with Gasteiger partial charge in [-0.1, -0.05) is 19.3 Å². The van der Waals surface area contributed by atoms with Gasteiger partial charge in [-0.2, -0.15) is 0 Å². The summed E-state index contributed by atoms with van der Waals surface area (Å²) in [6, 6.07) is 2.18. The van der Waals surface area contributed by atoms with E-state index in [0.717, 1.165) is 29.9 Å². The summed E-state index contributed by atoms with van der Waals surface area (Å²) in [5.41, 5.74) is 5.61. The highest BCUT2D eigenvalue weighted by Gasteiger charge is 2.16. The molecule has 1 unspecified atom stereocenters. The molecule has 1 aromatic heterocycles. The van der Waals surface area contributed by atoms with Crippen molar-refractivity contribution in [1.29, 1.82) is 0 Å². The van der Waals surface area contributed by atoms with E-state index >= 15 is 0 Å². The fraction of sp³-hybridized carbons (Fsp3) is 0.714. The van der Waals surface area contributed by atoms with Crippen LogP contribution in [0.25, 0.3) is 0 Å². The lowest BCUT2D eigenvalue weighted by Crippen LogP contribution is -2.26. The van der Waals surface area contributed by atoms with Gasteiger partial charge in [-0.15, -0.1) is 0 Å². The predicted octanol–water partition coefficient (Wildman–Crippen LogP) is 2.15. The molecular weight excluding hydrogens is 238 g/mol. The van der Waals surface area contributed by atoms with Gasteiger partial charge in [0.1, 0.15) is 17.5 Å². The van der Waals surface area contributed by atoms with Crippen molar-refractivity contribution in [3.8, 4) is 0 Å². The summed E-state index contributed by atoms with van der Waals surface area (Å²) in [7, 11) is 0. The van der Waals surface area contributed by atoms with Crippen LogP contribution in [0.2, 0.25) is 0 Å². The van der Waals surface area contributed by atoms with E-state index in [0.29, 0.717) is 6.54 Å². The quantitative estimate of drug-likeness (QED) is 0.702. The molecule has 19 heavy (non-hydrogen) atoms. The molecule has 1 atom stereocenters. The Hall–Kier alpha value is -1.36. The number of nitrogens with two attached hydrogens (primary N) is 1. The van der Waals surface area contributed by atoms with Crippen LogP contribution in [0, 0.1) is 12.8 Å². The summed E-state index contributed by atoms with van der Waals surface area (Å²) in [6.45, 7) is 5.54. The van der Waals surface area contributed by atoms with Gasteiger partial charge in [-0.05, 0) is 26.2 Å². The second kappa shape index (κ2) is 6.70. The summed E-state index contributed by atoms with van der Waals surface area (Å²) >= 11 is 0. The molecule has 2 rings (SSSR count). The first kappa shape index (κ1) is 14.1. The second-order valence-electron chi connectivity index (χ2n) is 5.48. The van der Waals surface area contributed by atoms with Crippen LogP contribution in [0.15, 0.2) is 6.07 Å². The molecule has 1 saturated carbocycles. The number of aryl methyl sites for hydroxylation is 1. The number of nitrogens with zero attached hydrogens (tertiary/aromatic N) is 2. The molecule has 0 aliphatic heterocycles. The van der Waals surface area contributed by atoms with Gasteiger partial charge in [-0.25, -0.2) is 9.97 Å². The van der Waals surface area contributed by atoms with Crippen LogP contribution in [-0.2, 0) is 0 Å². The molecule has 106 valence electrons. The fourth-order valence-corrected chi connectivity index (χ4v) is 2.23. The molecule has 5 nitrogen and oxygen atoms in total. The number of rotatable bonds is 7. The maximum atomic E-state index is 5.61. The Morgan fingerprint density at radius 1 is 1.37 bits per heavy atom. The van der Waals surface area contributed by atoms with E-state index in [1.807, 2.05) is 19.9 Å². The average molecular weight is 263 g/mol. The number of hydrogen-bond donors (Lipinski definition) is 3. The molecule has 0 spiro atoms. The SMILES string of the molecule is Cc1nc(NCCC2CCC2)cc(NC(C)CN)n1. The molecule has 0 saturated heterocycles. The van der Waals surface area contributed by atoms with Crippen LogP contribution in [0.4, 0.5) is 11.6 Å². The van der Waals surface area contributed by atoms with Crippen molar-refractivity contribution in [1.82, 2.24) is 9.97 Å². The number of nitrogens with one attached hydrogen (secondary N) is 2. The lowest BCUT2D eigenvalue weighted by Gasteiger charge is -2.25. The number of anilines is 2. The van der Waals surface area contributed by atoms with E-state index in [1.165, 1.54) is 25.7 Å². The van der Waals surface area contributed by atoms with Gasteiger partial charge in [0.05, 0.1) is 0 Å². The molecule has 0 radical (unpaired) electrons. The Labute approximate surface area is 115 Å². The zero-order valence-electron chi connectivity index (χ0n) is 11.9. The predicted molar refractivity (Wildman–Crippen MR) is 79.4 cm³/mol. The maximum Gasteiger partial charge on any atom is 0.132 e. The van der Waals surface area contributed by atoms with Crippen LogP contribution < -0.4 is 16.4 Å². The first-order chi connectivity index (χ1) is 9.17. The van der Waals surface area contributed by atoms with E-state index in [1.54, 1.807) is 0 Å². The molecule has 1 aliphatic carbocycles. The van der Waals surface area contributed by atoms with E-state index in [2.05, 4.69) is 20.6 Å². The van der Waals surface area contributed by atoms with Gasteiger partial charge in [0.2, 0.25) is 0 Å². The lowest BCUT2D eigenvalue weighted by atomic mass is 9.83. The Morgan fingerprint density at radius 2 is 2.11 bits per heavy atom. The monoisotopic (exact) mass is 263 g/mol. The summed E-state index contributed by atoms with van der Waals surface area (Å²) in [5.74, 6) is 3.45. The Morgan fingerprint density at radius 3 is 2.74 bits per heavy atom. The van der Waals surface area contributed by atoms with Crippen molar-refractivity contribution < 1.29 is 0 Å². The fourth-order valence-electron chi connectivity index (χ4n) is 2.23. The highest BCUT2D eigenvalue weighted by atomic mass is 15.1. The van der Waals surface area contributed by atoms with Gasteiger partial charge in [0.15, 0.2) is 0 Å². The minimum Gasteiger partial charge on any atom is -0.370 e. The van der Waals surface area contributed by atoms with Gasteiger partial charge in [0.25, 0.3) is 0 Å². The zero-order chi connectivity index (χ0) is 13.7. The van der Waals surface area contributed by atoms with Crippen molar-refractivity contribution in [2.75, 3.05) is 23.7 Å². The minimum absolute atomic E-state index is 0.220. The van der Waals surface area contributed by atoms with Gasteiger partial charge < -0.3 is 16.4 Å². The zero-order valence-corrected chi connectivity index (χ0v) is 11.9. The normalized spacial score (nSPS) is 16.8. The van der Waals surface area contributed by atoms with Crippen molar-refractivity contribution in [3.63, 3.8) is 0 Å². The van der Waals surface area contributed by atoms with Gasteiger partial charge >= 0.3 is 0 Å². The molecule has 1 fully saturated rings. The molecule has 1 aliphatic rings. The van der Waals surface area contributed by atoms with Gasteiger partial charge in [-0.3, -0.25) is 0 Å².